The first-order valence-corrected chi connectivity index (χ1v) is 10.4. The van der Waals surface area contributed by atoms with Gasteiger partial charge in [0.15, 0.2) is 11.5 Å². The molecule has 0 aliphatic rings. The maximum atomic E-state index is 10.0. The van der Waals surface area contributed by atoms with Crippen molar-refractivity contribution < 1.29 is 29.5 Å². The molecular formula is C27H24O6. The van der Waals surface area contributed by atoms with Gasteiger partial charge < -0.3 is 29.5 Å². The Kier molecular flexibility index (Phi) is 6.85. The minimum atomic E-state index is 0.128. The van der Waals surface area contributed by atoms with E-state index in [9.17, 15) is 15.3 Å². The van der Waals surface area contributed by atoms with Crippen molar-refractivity contribution in [3.63, 3.8) is 0 Å². The molecule has 0 amide bonds. The summed E-state index contributed by atoms with van der Waals surface area (Å²) < 4.78 is 17.7. The van der Waals surface area contributed by atoms with E-state index in [2.05, 4.69) is 0 Å². The SMILES string of the molecule is Oc1ccccc1COc1ccc(OCc2ccccc2O)c(OCc2ccccc2O)c1. The van der Waals surface area contributed by atoms with E-state index < -0.39 is 0 Å². The molecule has 0 atom stereocenters. The molecule has 0 aliphatic carbocycles. The molecule has 168 valence electrons. The summed E-state index contributed by atoms with van der Waals surface area (Å²) in [6.45, 7) is 0.462. The maximum Gasteiger partial charge on any atom is 0.165 e. The molecule has 0 saturated carbocycles. The van der Waals surface area contributed by atoms with Crippen molar-refractivity contribution in [2.24, 2.45) is 0 Å². The van der Waals surface area contributed by atoms with Gasteiger partial charge in [0.25, 0.3) is 0 Å². The smallest absolute Gasteiger partial charge is 0.165 e. The van der Waals surface area contributed by atoms with Crippen LogP contribution in [-0.4, -0.2) is 15.3 Å². The third kappa shape index (κ3) is 5.68. The molecule has 0 aromatic heterocycles. The van der Waals surface area contributed by atoms with Crippen molar-refractivity contribution in [1.82, 2.24) is 0 Å². The predicted octanol–water partition coefficient (Wildman–Crippen LogP) is 5.54. The van der Waals surface area contributed by atoms with Gasteiger partial charge >= 0.3 is 0 Å². The topological polar surface area (TPSA) is 88.4 Å². The molecule has 6 heteroatoms. The fourth-order valence-electron chi connectivity index (χ4n) is 3.18. The second-order valence-electron chi connectivity index (χ2n) is 7.36. The van der Waals surface area contributed by atoms with Gasteiger partial charge in [0.2, 0.25) is 0 Å². The standard InChI is InChI=1S/C27H24O6/c28-23-10-4-1-7-19(23)16-31-22-13-14-26(32-17-20-8-2-5-11-24(20)29)27(15-22)33-18-21-9-3-6-12-25(21)30/h1-15,28-30H,16-18H2. The van der Waals surface area contributed by atoms with Crippen molar-refractivity contribution in [2.45, 2.75) is 19.8 Å². The highest BCUT2D eigenvalue weighted by atomic mass is 16.5. The second kappa shape index (κ2) is 10.3. The third-order valence-corrected chi connectivity index (χ3v) is 5.05. The lowest BCUT2D eigenvalue weighted by Crippen LogP contribution is -2.02. The molecule has 0 fully saturated rings. The summed E-state index contributed by atoms with van der Waals surface area (Å²) in [5.74, 6) is 1.86. The Hall–Kier alpha value is -4.32. The van der Waals surface area contributed by atoms with Gasteiger partial charge in [0, 0.05) is 22.8 Å². The fourth-order valence-corrected chi connectivity index (χ4v) is 3.18. The van der Waals surface area contributed by atoms with Crippen LogP contribution in [0.2, 0.25) is 0 Å². The summed E-state index contributed by atoms with van der Waals surface area (Å²) in [6, 6.07) is 26.0. The Morgan fingerprint density at radius 1 is 0.455 bits per heavy atom. The van der Waals surface area contributed by atoms with Crippen LogP contribution < -0.4 is 14.2 Å². The molecule has 0 aliphatic heterocycles. The van der Waals surface area contributed by atoms with E-state index in [1.807, 2.05) is 18.2 Å². The van der Waals surface area contributed by atoms with Gasteiger partial charge in [-0.15, -0.1) is 0 Å². The van der Waals surface area contributed by atoms with E-state index in [-0.39, 0.29) is 37.1 Å². The van der Waals surface area contributed by atoms with Gasteiger partial charge in [-0.25, -0.2) is 0 Å². The third-order valence-electron chi connectivity index (χ3n) is 5.05. The van der Waals surface area contributed by atoms with Crippen molar-refractivity contribution in [2.75, 3.05) is 0 Å². The summed E-state index contributed by atoms with van der Waals surface area (Å²) in [5.41, 5.74) is 1.93. The van der Waals surface area contributed by atoms with Crippen LogP contribution in [0, 0.1) is 0 Å². The van der Waals surface area contributed by atoms with Crippen molar-refractivity contribution in [3.05, 3.63) is 108 Å². The van der Waals surface area contributed by atoms with Gasteiger partial charge in [-0.2, -0.15) is 0 Å². The zero-order valence-electron chi connectivity index (χ0n) is 17.8. The van der Waals surface area contributed by atoms with Crippen LogP contribution in [0.1, 0.15) is 16.7 Å². The van der Waals surface area contributed by atoms with Crippen LogP contribution in [0.4, 0.5) is 0 Å². The number of phenolic OH excluding ortho intramolecular Hbond substituents is 3. The molecule has 0 radical (unpaired) electrons. The van der Waals surface area contributed by atoms with E-state index in [4.69, 9.17) is 14.2 Å². The van der Waals surface area contributed by atoms with E-state index in [0.717, 1.165) is 0 Å². The normalized spacial score (nSPS) is 10.5. The first-order chi connectivity index (χ1) is 16.1. The fraction of sp³-hybridized carbons (Fsp3) is 0.111. The van der Waals surface area contributed by atoms with Crippen LogP contribution in [0.5, 0.6) is 34.5 Å². The highest BCUT2D eigenvalue weighted by Crippen LogP contribution is 2.34. The molecular weight excluding hydrogens is 420 g/mol. The molecule has 0 bridgehead atoms. The van der Waals surface area contributed by atoms with Crippen molar-refractivity contribution in [1.29, 1.82) is 0 Å². The first-order valence-electron chi connectivity index (χ1n) is 10.4. The zero-order chi connectivity index (χ0) is 23.0. The number of phenols is 3. The summed E-state index contributed by atoms with van der Waals surface area (Å²) in [7, 11) is 0. The minimum Gasteiger partial charge on any atom is -0.508 e. The average molecular weight is 444 g/mol. The summed E-state index contributed by atoms with van der Waals surface area (Å²) >= 11 is 0. The number of benzene rings is 4. The quantitative estimate of drug-likeness (QED) is 0.314. The maximum absolute atomic E-state index is 10.0. The minimum absolute atomic E-state index is 0.128. The average Bonchev–Trinajstić information content (AvgIpc) is 2.83. The first kappa shape index (κ1) is 21.9. The summed E-state index contributed by atoms with van der Waals surface area (Å²) in [6.07, 6.45) is 0. The number of rotatable bonds is 9. The molecule has 33 heavy (non-hydrogen) atoms. The molecule has 4 aromatic carbocycles. The van der Waals surface area contributed by atoms with Gasteiger partial charge in [-0.1, -0.05) is 54.6 Å². The Morgan fingerprint density at radius 3 is 1.36 bits per heavy atom. The summed E-state index contributed by atoms with van der Waals surface area (Å²) in [4.78, 5) is 0. The lowest BCUT2D eigenvalue weighted by Gasteiger charge is -2.16. The number of para-hydroxylation sites is 3. The molecule has 4 aromatic rings. The van der Waals surface area contributed by atoms with Gasteiger partial charge in [-0.05, 0) is 30.3 Å². The largest absolute Gasteiger partial charge is 0.508 e. The molecule has 0 spiro atoms. The van der Waals surface area contributed by atoms with Crippen molar-refractivity contribution in [3.8, 4) is 34.5 Å². The molecule has 4 rings (SSSR count). The van der Waals surface area contributed by atoms with Crippen molar-refractivity contribution >= 4 is 0 Å². The molecule has 6 nitrogen and oxygen atoms in total. The summed E-state index contributed by atoms with van der Waals surface area (Å²) in [5, 5.41) is 30.0. The van der Waals surface area contributed by atoms with Gasteiger partial charge in [0.05, 0.1) is 0 Å². The van der Waals surface area contributed by atoms with Gasteiger partial charge in [0.1, 0.15) is 42.8 Å². The number of hydrogen-bond donors (Lipinski definition) is 3. The molecule has 0 heterocycles. The molecule has 0 unspecified atom stereocenters. The van der Waals surface area contributed by atoms with E-state index in [1.54, 1.807) is 72.8 Å². The van der Waals surface area contributed by atoms with Crippen LogP contribution in [0.3, 0.4) is 0 Å². The second-order valence-corrected chi connectivity index (χ2v) is 7.36. The van der Waals surface area contributed by atoms with Crippen LogP contribution in [0.15, 0.2) is 91.0 Å². The molecule has 3 N–H and O–H groups in total. The predicted molar refractivity (Wildman–Crippen MR) is 124 cm³/mol. The Morgan fingerprint density at radius 2 is 0.879 bits per heavy atom. The zero-order valence-corrected chi connectivity index (χ0v) is 17.8. The van der Waals surface area contributed by atoms with Crippen LogP contribution in [0.25, 0.3) is 0 Å². The number of aromatic hydroxyl groups is 3. The molecule has 0 saturated heterocycles. The van der Waals surface area contributed by atoms with E-state index in [0.29, 0.717) is 33.9 Å². The van der Waals surface area contributed by atoms with E-state index in [1.165, 1.54) is 0 Å². The highest BCUT2D eigenvalue weighted by molar-refractivity contribution is 5.46. The van der Waals surface area contributed by atoms with Gasteiger partial charge in [-0.3, -0.25) is 0 Å². The van der Waals surface area contributed by atoms with Crippen LogP contribution in [-0.2, 0) is 19.8 Å². The Labute approximate surface area is 191 Å². The lowest BCUT2D eigenvalue weighted by atomic mass is 10.2. The Balaban J connectivity index is 1.53. The highest BCUT2D eigenvalue weighted by Gasteiger charge is 2.12. The van der Waals surface area contributed by atoms with Crippen LogP contribution >= 0.6 is 0 Å². The number of ether oxygens (including phenoxy) is 3. The Bertz CT molecular complexity index is 1220. The van der Waals surface area contributed by atoms with E-state index >= 15 is 0 Å². The lowest BCUT2D eigenvalue weighted by molar-refractivity contribution is 0.247. The monoisotopic (exact) mass is 444 g/mol. The number of hydrogen-bond acceptors (Lipinski definition) is 6.